The molecule has 3 saturated heterocycles. The van der Waals surface area contributed by atoms with Gasteiger partial charge in [0.1, 0.15) is 11.6 Å². The van der Waals surface area contributed by atoms with E-state index in [1.54, 1.807) is 16.4 Å². The Morgan fingerprint density at radius 1 is 1.12 bits per heavy atom. The first-order valence-corrected chi connectivity index (χ1v) is 17.0. The second-order valence-corrected chi connectivity index (χ2v) is 15.5. The molecule has 4 fully saturated rings. The number of nitrogens with one attached hydrogen (secondary N) is 1. The summed E-state index contributed by atoms with van der Waals surface area (Å²) in [5.41, 5.74) is 7.44. The van der Waals surface area contributed by atoms with Gasteiger partial charge in [-0.2, -0.15) is 4.31 Å². The van der Waals surface area contributed by atoms with E-state index in [0.29, 0.717) is 32.0 Å². The topological polar surface area (TPSA) is 102 Å². The predicted molar refractivity (Wildman–Crippen MR) is 155 cm³/mol. The molecule has 3 heterocycles. The second kappa shape index (κ2) is 12.5. The number of benzene rings is 1. The zero-order chi connectivity index (χ0) is 28.5. The van der Waals surface area contributed by atoms with E-state index in [0.717, 1.165) is 63.4 Å². The number of hydrogen-bond acceptors (Lipinski definition) is 6. The van der Waals surface area contributed by atoms with Gasteiger partial charge in [-0.05, 0) is 94.2 Å². The molecule has 9 heteroatoms. The molecule has 4 aliphatic rings. The quantitative estimate of drug-likeness (QED) is 0.452. The molecule has 2 unspecified atom stereocenters. The van der Waals surface area contributed by atoms with Crippen molar-refractivity contribution < 1.29 is 22.3 Å². The van der Waals surface area contributed by atoms with Gasteiger partial charge in [0, 0.05) is 44.1 Å². The molecule has 1 saturated carbocycles. The summed E-state index contributed by atoms with van der Waals surface area (Å²) >= 11 is 0. The first-order valence-electron chi connectivity index (χ1n) is 15.4. The summed E-state index contributed by atoms with van der Waals surface area (Å²) in [5.74, 6) is 0.752. The van der Waals surface area contributed by atoms with Crippen molar-refractivity contribution in [1.29, 1.82) is 0 Å². The lowest BCUT2D eigenvalue weighted by Crippen LogP contribution is -2.57. The smallest absolute Gasteiger partial charge is 0.214 e. The number of hydrogen-bond donors (Lipinski definition) is 2. The zero-order valence-corrected chi connectivity index (χ0v) is 25.0. The molecule has 0 spiro atoms. The van der Waals surface area contributed by atoms with Gasteiger partial charge in [-0.15, -0.1) is 0 Å². The van der Waals surface area contributed by atoms with Gasteiger partial charge in [-0.1, -0.05) is 25.0 Å². The fourth-order valence-electron chi connectivity index (χ4n) is 8.05. The van der Waals surface area contributed by atoms with Crippen molar-refractivity contribution in [3.63, 3.8) is 0 Å². The van der Waals surface area contributed by atoms with E-state index in [4.69, 9.17) is 10.5 Å². The zero-order valence-electron chi connectivity index (χ0n) is 24.2. The average molecular weight is 578 g/mol. The van der Waals surface area contributed by atoms with Crippen molar-refractivity contribution >= 4 is 15.8 Å². The molecule has 7 nitrogen and oxygen atoms in total. The summed E-state index contributed by atoms with van der Waals surface area (Å²) in [6, 6.07) is 6.11. The van der Waals surface area contributed by atoms with Crippen LogP contribution in [0, 0.1) is 23.6 Å². The number of fused-ring (bicyclic) bond motifs is 2. The number of ketones is 1. The maximum Gasteiger partial charge on any atom is 0.214 e. The van der Waals surface area contributed by atoms with Crippen molar-refractivity contribution in [2.75, 3.05) is 25.4 Å². The lowest BCUT2D eigenvalue weighted by atomic mass is 9.71. The molecule has 2 bridgehead atoms. The molecule has 0 amide bonds. The molecule has 1 aromatic rings. The van der Waals surface area contributed by atoms with Crippen LogP contribution in [0.1, 0.15) is 89.5 Å². The molecule has 0 aromatic heterocycles. The number of rotatable bonds is 9. The third kappa shape index (κ3) is 6.97. The third-order valence-corrected chi connectivity index (χ3v) is 12.1. The normalized spacial score (nSPS) is 35.0. The van der Waals surface area contributed by atoms with Crippen LogP contribution >= 0.6 is 0 Å². The Kier molecular flexibility index (Phi) is 9.37. The number of nitrogens with zero attached hydrogens (tertiary/aromatic N) is 1. The van der Waals surface area contributed by atoms with Crippen LogP contribution in [-0.4, -0.2) is 67.7 Å². The molecule has 0 radical (unpaired) electrons. The third-order valence-electron chi connectivity index (χ3n) is 10.2. The van der Waals surface area contributed by atoms with Gasteiger partial charge in [-0.25, -0.2) is 12.8 Å². The van der Waals surface area contributed by atoms with Gasteiger partial charge in [0.05, 0.1) is 17.4 Å². The van der Waals surface area contributed by atoms with Crippen molar-refractivity contribution in [3.8, 4) is 0 Å². The molecule has 3 N–H and O–H groups in total. The Balaban J connectivity index is 1.24. The van der Waals surface area contributed by atoms with Crippen molar-refractivity contribution in [2.24, 2.45) is 23.5 Å². The van der Waals surface area contributed by atoms with Crippen LogP contribution in [0.5, 0.6) is 0 Å². The van der Waals surface area contributed by atoms with Crippen molar-refractivity contribution in [2.45, 2.75) is 108 Å². The summed E-state index contributed by atoms with van der Waals surface area (Å²) < 4.78 is 47.3. The molecule has 1 aliphatic carbocycles. The van der Waals surface area contributed by atoms with Crippen LogP contribution in [0.25, 0.3) is 0 Å². The van der Waals surface area contributed by atoms with Crippen LogP contribution in [0.4, 0.5) is 4.39 Å². The Labute approximate surface area is 239 Å². The number of sulfonamides is 1. The number of nitrogens with two attached hydrogens (primary N) is 1. The summed E-state index contributed by atoms with van der Waals surface area (Å²) in [6.07, 6.45) is 8.69. The highest BCUT2D eigenvalue weighted by Crippen LogP contribution is 2.42. The highest BCUT2D eigenvalue weighted by atomic mass is 32.2. The van der Waals surface area contributed by atoms with E-state index in [9.17, 15) is 17.6 Å². The molecule has 3 aliphatic heterocycles. The number of Topliss-reactive ketones (excluding diaryl/α,β-unsaturated/α-hetero) is 1. The summed E-state index contributed by atoms with van der Waals surface area (Å²) in [4.78, 5) is 13.8. The minimum absolute atomic E-state index is 0.00158. The number of halogens is 1. The van der Waals surface area contributed by atoms with E-state index in [2.05, 4.69) is 19.2 Å². The molecule has 224 valence electrons. The fraction of sp³-hybridized carbons (Fsp3) is 0.774. The van der Waals surface area contributed by atoms with Gasteiger partial charge in [0.25, 0.3) is 0 Å². The van der Waals surface area contributed by atoms with Gasteiger partial charge in [-0.3, -0.25) is 4.79 Å². The standard InChI is InChI=1S/C31H48FN3O4S/c1-31(2)18-24(14-15-39-31)29(22-8-11-25(32)12-9-22)30(33)28(36)17-23-6-3-5-21(23)10-13-27-19-34-26-7-4-16-40(37,38)35(27)20-26/h8-9,11-12,21,23-24,26-27,29-30,34H,3-7,10,13-20,33H2,1-2H3/t21-,23-,24?,26-,27+,29+,30-/m1/s1. The number of ether oxygens (including phenoxy) is 1. The summed E-state index contributed by atoms with van der Waals surface area (Å²) in [5, 5.41) is 3.57. The number of carbonyl (C=O) groups is 1. The molecule has 5 rings (SSSR count). The van der Waals surface area contributed by atoms with E-state index < -0.39 is 16.1 Å². The Morgan fingerprint density at radius 2 is 1.88 bits per heavy atom. The SMILES string of the molecule is CC1(C)CC([C@H](c2ccc(F)cc2)[C@H](N)C(=O)C[C@H]2CCC[C@@H]2CC[C@H]2CN[C@@H]3CCCS(=O)(=O)N2C3)CCO1. The van der Waals surface area contributed by atoms with Crippen LogP contribution in [-0.2, 0) is 19.6 Å². The number of carbonyl (C=O) groups excluding carboxylic acids is 1. The minimum atomic E-state index is -3.20. The molecular weight excluding hydrogens is 529 g/mol. The highest BCUT2D eigenvalue weighted by Gasteiger charge is 2.41. The van der Waals surface area contributed by atoms with Crippen LogP contribution in [0.15, 0.2) is 24.3 Å². The van der Waals surface area contributed by atoms with Crippen LogP contribution in [0.2, 0.25) is 0 Å². The predicted octanol–water partition coefficient (Wildman–Crippen LogP) is 4.36. The Morgan fingerprint density at radius 3 is 2.62 bits per heavy atom. The average Bonchev–Trinajstić information content (AvgIpc) is 3.30. The van der Waals surface area contributed by atoms with Gasteiger partial charge >= 0.3 is 0 Å². The molecular formula is C31H48FN3O4S. The second-order valence-electron chi connectivity index (χ2n) is 13.4. The lowest BCUT2D eigenvalue weighted by molar-refractivity contribution is -0.123. The van der Waals surface area contributed by atoms with Gasteiger partial charge in [0.15, 0.2) is 0 Å². The van der Waals surface area contributed by atoms with Crippen LogP contribution in [0.3, 0.4) is 0 Å². The lowest BCUT2D eigenvalue weighted by Gasteiger charge is -2.41. The van der Waals surface area contributed by atoms with E-state index in [1.165, 1.54) is 12.1 Å². The fourth-order valence-corrected chi connectivity index (χ4v) is 9.86. The highest BCUT2D eigenvalue weighted by molar-refractivity contribution is 7.89. The van der Waals surface area contributed by atoms with Crippen molar-refractivity contribution in [3.05, 3.63) is 35.6 Å². The van der Waals surface area contributed by atoms with Gasteiger partial charge in [0.2, 0.25) is 10.0 Å². The minimum Gasteiger partial charge on any atom is -0.376 e. The molecule has 1 aromatic carbocycles. The molecule has 40 heavy (non-hydrogen) atoms. The van der Waals surface area contributed by atoms with Gasteiger partial charge < -0.3 is 15.8 Å². The monoisotopic (exact) mass is 577 g/mol. The maximum atomic E-state index is 13.8. The molecule has 8 atom stereocenters. The summed E-state index contributed by atoms with van der Waals surface area (Å²) in [6.45, 7) is 6.09. The van der Waals surface area contributed by atoms with Crippen LogP contribution < -0.4 is 11.1 Å². The van der Waals surface area contributed by atoms with Crippen molar-refractivity contribution in [1.82, 2.24) is 9.62 Å². The van der Waals surface area contributed by atoms with E-state index >= 15 is 0 Å². The Hall–Kier alpha value is -1.39. The summed E-state index contributed by atoms with van der Waals surface area (Å²) in [7, 11) is -3.20. The maximum absolute atomic E-state index is 13.8. The first-order chi connectivity index (χ1) is 19.0. The number of piperazine rings is 1. The van der Waals surface area contributed by atoms with E-state index in [-0.39, 0.29) is 52.8 Å². The van der Waals surface area contributed by atoms with E-state index in [1.807, 2.05) is 0 Å². The first kappa shape index (κ1) is 30.1. The largest absolute Gasteiger partial charge is 0.376 e. The Bertz CT molecular complexity index is 1130.